The van der Waals surface area contributed by atoms with Gasteiger partial charge in [-0.15, -0.1) is 0 Å². The molecular formula is C26H20BrClN2O3. The zero-order chi connectivity index (χ0) is 22.5. The van der Waals surface area contributed by atoms with Crippen LogP contribution in [0.25, 0.3) is 0 Å². The number of anilines is 2. The molecule has 3 aliphatic rings. The van der Waals surface area contributed by atoms with Gasteiger partial charge in [-0.3, -0.25) is 4.79 Å². The second-order valence-corrected chi connectivity index (χ2v) is 9.74. The van der Waals surface area contributed by atoms with E-state index in [1.165, 1.54) is 0 Å². The molecule has 0 unspecified atom stereocenters. The highest BCUT2D eigenvalue weighted by Crippen LogP contribution is 2.47. The van der Waals surface area contributed by atoms with Gasteiger partial charge in [0.25, 0.3) is 0 Å². The zero-order valence-corrected chi connectivity index (χ0v) is 19.9. The van der Waals surface area contributed by atoms with Crippen molar-refractivity contribution in [2.75, 3.05) is 17.4 Å². The number of para-hydroxylation sites is 2. The number of Topliss-reactive ketones (excluding diaryl/α,β-unsaturated/α-hetero) is 1. The molecule has 2 aliphatic heterocycles. The average molecular weight is 524 g/mol. The molecule has 3 aromatic carbocycles. The summed E-state index contributed by atoms with van der Waals surface area (Å²) in [4.78, 5) is 13.7. The molecule has 0 bridgehead atoms. The summed E-state index contributed by atoms with van der Waals surface area (Å²) < 4.78 is 12.0. The molecule has 166 valence electrons. The second-order valence-electron chi connectivity index (χ2n) is 8.45. The summed E-state index contributed by atoms with van der Waals surface area (Å²) in [6.45, 7) is 0.198. The van der Waals surface area contributed by atoms with Crippen LogP contribution in [0.4, 0.5) is 11.4 Å². The molecule has 2 atom stereocenters. The Morgan fingerprint density at radius 3 is 2.45 bits per heavy atom. The Hall–Kier alpha value is -2.96. The van der Waals surface area contributed by atoms with Gasteiger partial charge < -0.3 is 20.1 Å². The van der Waals surface area contributed by atoms with Crippen molar-refractivity contribution in [1.29, 1.82) is 0 Å². The van der Waals surface area contributed by atoms with E-state index in [-0.39, 0.29) is 24.5 Å². The van der Waals surface area contributed by atoms with Crippen LogP contribution in [0.15, 0.2) is 76.4 Å². The van der Waals surface area contributed by atoms with Crippen LogP contribution in [0.1, 0.15) is 35.9 Å². The second kappa shape index (κ2) is 8.12. The molecule has 0 aromatic heterocycles. The number of ether oxygens (including phenoxy) is 2. The van der Waals surface area contributed by atoms with Gasteiger partial charge >= 0.3 is 0 Å². The molecule has 0 spiro atoms. The van der Waals surface area contributed by atoms with Gasteiger partial charge in [0, 0.05) is 27.2 Å². The summed E-state index contributed by atoms with van der Waals surface area (Å²) in [6.07, 6.45) is 1.18. The van der Waals surface area contributed by atoms with Crippen molar-refractivity contribution < 1.29 is 14.3 Å². The van der Waals surface area contributed by atoms with Crippen LogP contribution in [-0.2, 0) is 4.79 Å². The minimum Gasteiger partial charge on any atom is -0.454 e. The van der Waals surface area contributed by atoms with E-state index in [4.69, 9.17) is 21.1 Å². The molecule has 0 saturated heterocycles. The lowest BCUT2D eigenvalue weighted by Gasteiger charge is -2.30. The molecular weight excluding hydrogens is 504 g/mol. The Morgan fingerprint density at radius 2 is 1.67 bits per heavy atom. The maximum atomic E-state index is 13.7. The number of ketones is 1. The number of hydrogen-bond donors (Lipinski definition) is 2. The summed E-state index contributed by atoms with van der Waals surface area (Å²) in [5.74, 6) is 1.60. The summed E-state index contributed by atoms with van der Waals surface area (Å²) in [6, 6.07) is 19.4. The first-order chi connectivity index (χ1) is 16.1. The number of benzene rings is 3. The van der Waals surface area contributed by atoms with Gasteiger partial charge in [-0.1, -0.05) is 51.8 Å². The maximum absolute atomic E-state index is 13.7. The number of hydrogen-bond acceptors (Lipinski definition) is 5. The first-order valence-electron chi connectivity index (χ1n) is 10.8. The molecule has 3 aromatic rings. The largest absolute Gasteiger partial charge is 0.454 e. The Bertz CT molecular complexity index is 1310. The lowest BCUT2D eigenvalue weighted by atomic mass is 9.78. The summed E-state index contributed by atoms with van der Waals surface area (Å²) in [7, 11) is 0. The fourth-order valence-corrected chi connectivity index (χ4v) is 5.53. The predicted octanol–water partition coefficient (Wildman–Crippen LogP) is 6.81. The molecule has 1 aliphatic carbocycles. The molecule has 5 nitrogen and oxygen atoms in total. The number of carbonyl (C=O) groups is 1. The molecule has 0 saturated carbocycles. The van der Waals surface area contributed by atoms with Gasteiger partial charge in [0.05, 0.1) is 17.4 Å². The Labute approximate surface area is 204 Å². The molecule has 0 amide bonds. The number of rotatable bonds is 2. The Kier molecular flexibility index (Phi) is 5.07. The van der Waals surface area contributed by atoms with Crippen molar-refractivity contribution in [2.24, 2.45) is 0 Å². The van der Waals surface area contributed by atoms with Gasteiger partial charge in [-0.05, 0) is 59.9 Å². The molecule has 0 fully saturated rings. The van der Waals surface area contributed by atoms with E-state index in [1.807, 2.05) is 60.7 Å². The van der Waals surface area contributed by atoms with Crippen LogP contribution in [0.5, 0.6) is 11.5 Å². The normalized spacial score (nSPS) is 21.0. The van der Waals surface area contributed by atoms with Crippen LogP contribution in [-0.4, -0.2) is 12.6 Å². The van der Waals surface area contributed by atoms with Crippen molar-refractivity contribution in [1.82, 2.24) is 0 Å². The van der Waals surface area contributed by atoms with Crippen molar-refractivity contribution in [3.63, 3.8) is 0 Å². The smallest absolute Gasteiger partial charge is 0.231 e. The van der Waals surface area contributed by atoms with Gasteiger partial charge in [-0.25, -0.2) is 0 Å². The highest BCUT2D eigenvalue weighted by atomic mass is 79.9. The van der Waals surface area contributed by atoms with Crippen LogP contribution in [0.2, 0.25) is 5.02 Å². The Morgan fingerprint density at radius 1 is 0.939 bits per heavy atom. The molecule has 33 heavy (non-hydrogen) atoms. The Balaban J connectivity index is 1.47. The van der Waals surface area contributed by atoms with Crippen LogP contribution < -0.4 is 20.1 Å². The van der Waals surface area contributed by atoms with Gasteiger partial charge in [0.1, 0.15) is 0 Å². The highest BCUT2D eigenvalue weighted by molar-refractivity contribution is 9.10. The fraction of sp³-hybridized carbons (Fsp3) is 0.192. The van der Waals surface area contributed by atoms with E-state index in [0.29, 0.717) is 22.9 Å². The number of allylic oxidation sites excluding steroid dienone is 1. The molecule has 6 rings (SSSR count). The minimum absolute atomic E-state index is 0.0899. The zero-order valence-electron chi connectivity index (χ0n) is 17.5. The summed E-state index contributed by atoms with van der Waals surface area (Å²) in [5, 5.41) is 7.88. The lowest BCUT2D eigenvalue weighted by molar-refractivity contribution is -0.116. The van der Waals surface area contributed by atoms with Crippen molar-refractivity contribution in [3.8, 4) is 11.5 Å². The molecule has 0 radical (unpaired) electrons. The standard InChI is InChI=1S/C26H20BrClN2O3/c27-18-12-24-23(32-13-33-24)11-17(18)26-25-21(29-19-3-1-2-4-20(19)30-26)9-15(10-22(25)31)14-5-7-16(28)8-6-14/h1-8,11-12,15,26,29-30H,9-10,13H2/t15-,26+/m0/s1. The first kappa shape index (κ1) is 20.6. The van der Waals surface area contributed by atoms with E-state index >= 15 is 0 Å². The van der Waals surface area contributed by atoms with Crippen LogP contribution in [0, 0.1) is 0 Å². The average Bonchev–Trinajstić information content (AvgIpc) is 3.18. The molecule has 7 heteroatoms. The van der Waals surface area contributed by atoms with Crippen molar-refractivity contribution in [3.05, 3.63) is 92.6 Å². The molecule has 2 heterocycles. The maximum Gasteiger partial charge on any atom is 0.231 e. The monoisotopic (exact) mass is 522 g/mol. The summed E-state index contributed by atoms with van der Waals surface area (Å²) in [5.41, 5.74) is 5.65. The highest BCUT2D eigenvalue weighted by Gasteiger charge is 2.37. The quantitative estimate of drug-likeness (QED) is 0.386. The predicted molar refractivity (Wildman–Crippen MR) is 132 cm³/mol. The lowest BCUT2D eigenvalue weighted by Crippen LogP contribution is -2.27. The number of halogens is 2. The van der Waals surface area contributed by atoms with Crippen molar-refractivity contribution in [2.45, 2.75) is 24.8 Å². The first-order valence-corrected chi connectivity index (χ1v) is 12.0. The number of fused-ring (bicyclic) bond motifs is 2. The minimum atomic E-state index is -0.335. The molecule has 2 N–H and O–H groups in total. The van der Waals surface area contributed by atoms with Crippen LogP contribution in [0.3, 0.4) is 0 Å². The summed E-state index contributed by atoms with van der Waals surface area (Å²) >= 11 is 9.79. The van der Waals surface area contributed by atoms with Crippen molar-refractivity contribution >= 4 is 44.7 Å². The van der Waals surface area contributed by atoms with E-state index in [1.54, 1.807) is 0 Å². The van der Waals surface area contributed by atoms with E-state index < -0.39 is 0 Å². The fourth-order valence-electron chi connectivity index (χ4n) is 4.85. The number of carbonyl (C=O) groups excluding carboxylic acids is 1. The topological polar surface area (TPSA) is 59.6 Å². The van der Waals surface area contributed by atoms with Gasteiger partial charge in [0.2, 0.25) is 6.79 Å². The SMILES string of the molecule is O=C1C[C@@H](c2ccc(Cl)cc2)CC2=C1[C@@H](c1cc3c(cc1Br)OCO3)Nc1ccccc1N2. The third-order valence-electron chi connectivity index (χ3n) is 6.45. The third-order valence-corrected chi connectivity index (χ3v) is 7.39. The van der Waals surface area contributed by atoms with E-state index in [0.717, 1.165) is 44.7 Å². The van der Waals surface area contributed by atoms with Gasteiger partial charge in [0.15, 0.2) is 17.3 Å². The van der Waals surface area contributed by atoms with Crippen LogP contribution >= 0.6 is 27.5 Å². The van der Waals surface area contributed by atoms with E-state index in [2.05, 4.69) is 26.6 Å². The van der Waals surface area contributed by atoms with E-state index in [9.17, 15) is 4.79 Å². The number of nitrogens with one attached hydrogen (secondary N) is 2. The van der Waals surface area contributed by atoms with Gasteiger partial charge in [-0.2, -0.15) is 0 Å². The third kappa shape index (κ3) is 3.67.